The summed E-state index contributed by atoms with van der Waals surface area (Å²) in [4.78, 5) is 14.1. The first-order chi connectivity index (χ1) is 14.7. The fraction of sp³-hybridized carbons (Fsp3) is 0.0833. The largest absolute Gasteiger partial charge is 0.388 e. The van der Waals surface area contributed by atoms with Crippen molar-refractivity contribution in [3.63, 3.8) is 0 Å². The van der Waals surface area contributed by atoms with Gasteiger partial charge < -0.3 is 5.32 Å². The van der Waals surface area contributed by atoms with Crippen LogP contribution in [0.5, 0.6) is 0 Å². The van der Waals surface area contributed by atoms with Gasteiger partial charge in [-0.05, 0) is 36.8 Å². The van der Waals surface area contributed by atoms with E-state index in [9.17, 15) is 0 Å². The SMILES string of the molecule is CNc1ccc(-c2nc3ccnc(-c4n[nH]c(C)n4)c3cc2-c2ccccc2)cc1. The highest BCUT2D eigenvalue weighted by Crippen LogP contribution is 2.35. The molecule has 3 heterocycles. The van der Waals surface area contributed by atoms with Crippen molar-refractivity contribution >= 4 is 16.6 Å². The van der Waals surface area contributed by atoms with Crippen molar-refractivity contribution in [3.8, 4) is 33.9 Å². The summed E-state index contributed by atoms with van der Waals surface area (Å²) in [6, 6.07) is 22.7. The molecule has 5 aromatic rings. The number of aromatic nitrogens is 5. The third-order valence-corrected chi connectivity index (χ3v) is 5.08. The highest BCUT2D eigenvalue weighted by atomic mass is 15.2. The molecule has 30 heavy (non-hydrogen) atoms. The summed E-state index contributed by atoms with van der Waals surface area (Å²) in [6.07, 6.45) is 1.76. The van der Waals surface area contributed by atoms with Crippen molar-refractivity contribution in [2.24, 2.45) is 0 Å². The molecular weight excluding hydrogens is 372 g/mol. The summed E-state index contributed by atoms with van der Waals surface area (Å²) >= 11 is 0. The van der Waals surface area contributed by atoms with Crippen molar-refractivity contribution in [1.29, 1.82) is 0 Å². The van der Waals surface area contributed by atoms with Crippen LogP contribution in [0.25, 0.3) is 44.8 Å². The van der Waals surface area contributed by atoms with Gasteiger partial charge >= 0.3 is 0 Å². The van der Waals surface area contributed by atoms with Crippen LogP contribution >= 0.6 is 0 Å². The zero-order chi connectivity index (χ0) is 20.5. The normalized spacial score (nSPS) is 11.0. The number of H-pyrrole nitrogens is 1. The van der Waals surface area contributed by atoms with E-state index in [-0.39, 0.29) is 0 Å². The first-order valence-corrected chi connectivity index (χ1v) is 9.75. The molecule has 2 N–H and O–H groups in total. The average Bonchev–Trinajstić information content (AvgIpc) is 3.24. The Bertz CT molecular complexity index is 1320. The minimum Gasteiger partial charge on any atom is -0.388 e. The topological polar surface area (TPSA) is 79.4 Å². The van der Waals surface area contributed by atoms with Crippen molar-refractivity contribution < 1.29 is 0 Å². The Kier molecular flexibility index (Phi) is 4.44. The van der Waals surface area contributed by atoms with Gasteiger partial charge in [-0.1, -0.05) is 42.5 Å². The number of pyridine rings is 2. The number of hydrogen-bond donors (Lipinski definition) is 2. The second-order valence-electron chi connectivity index (χ2n) is 7.05. The Morgan fingerprint density at radius 2 is 1.63 bits per heavy atom. The maximum atomic E-state index is 5.04. The third kappa shape index (κ3) is 3.18. The Morgan fingerprint density at radius 3 is 2.33 bits per heavy atom. The first-order valence-electron chi connectivity index (χ1n) is 9.75. The summed E-state index contributed by atoms with van der Waals surface area (Å²) in [5, 5.41) is 11.3. The molecule has 0 aliphatic carbocycles. The number of benzene rings is 2. The molecule has 0 radical (unpaired) electrons. The van der Waals surface area contributed by atoms with Gasteiger partial charge in [0.1, 0.15) is 11.5 Å². The Hall–Kier alpha value is -4.06. The molecule has 146 valence electrons. The summed E-state index contributed by atoms with van der Waals surface area (Å²) in [7, 11) is 1.91. The molecule has 0 aliphatic rings. The predicted octanol–water partition coefficient (Wildman–Crippen LogP) is 5.10. The van der Waals surface area contributed by atoms with Gasteiger partial charge in [0, 0.05) is 35.4 Å². The second kappa shape index (κ2) is 7.40. The number of nitrogens with one attached hydrogen (secondary N) is 2. The Balaban J connectivity index is 1.79. The molecule has 2 aromatic carbocycles. The summed E-state index contributed by atoms with van der Waals surface area (Å²) in [5.74, 6) is 1.33. The minimum atomic E-state index is 0.574. The Morgan fingerprint density at radius 1 is 0.833 bits per heavy atom. The number of aromatic amines is 1. The van der Waals surface area contributed by atoms with E-state index in [4.69, 9.17) is 4.98 Å². The highest BCUT2D eigenvalue weighted by Gasteiger charge is 2.16. The van der Waals surface area contributed by atoms with Crippen molar-refractivity contribution in [2.45, 2.75) is 6.92 Å². The molecule has 0 fully saturated rings. The summed E-state index contributed by atoms with van der Waals surface area (Å²) in [6.45, 7) is 1.88. The van der Waals surface area contributed by atoms with E-state index >= 15 is 0 Å². The van der Waals surface area contributed by atoms with Crippen molar-refractivity contribution in [3.05, 3.63) is 78.8 Å². The minimum absolute atomic E-state index is 0.574. The fourth-order valence-corrected chi connectivity index (χ4v) is 3.58. The van der Waals surface area contributed by atoms with Gasteiger partial charge in [0.15, 0.2) is 5.82 Å². The standard InChI is InChI=1S/C24H20N6/c1-15-27-24(30-29-15)23-20-14-19(16-6-4-3-5-7-16)22(28-21(20)12-13-26-23)17-8-10-18(25-2)11-9-17/h3-14,25H,1-2H3,(H,27,29,30). The van der Waals surface area contributed by atoms with Crippen LogP contribution in [0.4, 0.5) is 5.69 Å². The van der Waals surface area contributed by atoms with Crippen LogP contribution in [-0.2, 0) is 0 Å². The molecular formula is C24H20N6. The van der Waals surface area contributed by atoms with Crippen LogP contribution in [0.15, 0.2) is 72.9 Å². The van der Waals surface area contributed by atoms with Crippen LogP contribution < -0.4 is 5.32 Å². The number of aryl methyl sites for hydroxylation is 1. The lowest BCUT2D eigenvalue weighted by Crippen LogP contribution is -1.95. The number of rotatable bonds is 4. The lowest BCUT2D eigenvalue weighted by atomic mass is 9.97. The molecule has 0 bridgehead atoms. The van der Waals surface area contributed by atoms with Crippen molar-refractivity contribution in [2.75, 3.05) is 12.4 Å². The van der Waals surface area contributed by atoms with E-state index in [0.29, 0.717) is 5.82 Å². The van der Waals surface area contributed by atoms with Gasteiger partial charge in [-0.3, -0.25) is 10.1 Å². The Labute approximate surface area is 174 Å². The van der Waals surface area contributed by atoms with E-state index in [1.54, 1.807) is 6.20 Å². The maximum absolute atomic E-state index is 5.04. The zero-order valence-electron chi connectivity index (χ0n) is 16.7. The van der Waals surface area contributed by atoms with Crippen molar-refractivity contribution in [1.82, 2.24) is 25.1 Å². The quantitative estimate of drug-likeness (QED) is 0.445. The van der Waals surface area contributed by atoms with Gasteiger partial charge in [0.2, 0.25) is 0 Å². The zero-order valence-corrected chi connectivity index (χ0v) is 16.7. The number of fused-ring (bicyclic) bond motifs is 1. The van der Waals surface area contributed by atoms with Gasteiger partial charge in [0.25, 0.3) is 0 Å². The van der Waals surface area contributed by atoms with Crippen LogP contribution in [-0.4, -0.2) is 32.2 Å². The fourth-order valence-electron chi connectivity index (χ4n) is 3.58. The molecule has 0 saturated carbocycles. The summed E-state index contributed by atoms with van der Waals surface area (Å²) in [5.41, 5.74) is 6.77. The molecule has 0 unspecified atom stereocenters. The molecule has 0 saturated heterocycles. The first kappa shape index (κ1) is 18.0. The van der Waals surface area contributed by atoms with E-state index in [1.165, 1.54) is 0 Å². The van der Waals surface area contributed by atoms with Gasteiger partial charge in [-0.15, -0.1) is 0 Å². The molecule has 0 amide bonds. The molecule has 6 nitrogen and oxygen atoms in total. The smallest absolute Gasteiger partial charge is 0.200 e. The van der Waals surface area contributed by atoms with Gasteiger partial charge in [-0.2, -0.15) is 5.10 Å². The molecule has 3 aromatic heterocycles. The maximum Gasteiger partial charge on any atom is 0.200 e. The van der Waals surface area contributed by atoms with Gasteiger partial charge in [0.05, 0.1) is 11.2 Å². The highest BCUT2D eigenvalue weighted by molar-refractivity contribution is 5.97. The van der Waals surface area contributed by atoms with Crippen LogP contribution in [0.3, 0.4) is 0 Å². The van der Waals surface area contributed by atoms with Crippen LogP contribution in [0.1, 0.15) is 5.82 Å². The second-order valence-corrected chi connectivity index (χ2v) is 7.05. The van der Waals surface area contributed by atoms with Gasteiger partial charge in [-0.25, -0.2) is 9.97 Å². The molecule has 5 rings (SSSR count). The van der Waals surface area contributed by atoms with E-state index in [0.717, 1.165) is 50.5 Å². The molecule has 0 atom stereocenters. The number of hydrogen-bond acceptors (Lipinski definition) is 5. The number of nitrogens with zero attached hydrogens (tertiary/aromatic N) is 4. The molecule has 0 aliphatic heterocycles. The van der Waals surface area contributed by atoms with E-state index in [2.05, 4.69) is 67.9 Å². The lowest BCUT2D eigenvalue weighted by molar-refractivity contribution is 1.04. The summed E-state index contributed by atoms with van der Waals surface area (Å²) < 4.78 is 0. The molecule has 6 heteroatoms. The third-order valence-electron chi connectivity index (χ3n) is 5.08. The monoisotopic (exact) mass is 392 g/mol. The van der Waals surface area contributed by atoms with Crippen LogP contribution in [0.2, 0.25) is 0 Å². The van der Waals surface area contributed by atoms with E-state index < -0.39 is 0 Å². The predicted molar refractivity (Wildman–Crippen MR) is 120 cm³/mol. The number of anilines is 1. The van der Waals surface area contributed by atoms with Crippen LogP contribution in [0, 0.1) is 6.92 Å². The average molecular weight is 392 g/mol. The molecule has 0 spiro atoms. The van der Waals surface area contributed by atoms with E-state index in [1.807, 2.05) is 38.2 Å². The lowest BCUT2D eigenvalue weighted by Gasteiger charge is -2.13.